The molecule has 0 aliphatic carbocycles. The fourth-order valence-electron chi connectivity index (χ4n) is 2.58. The first-order chi connectivity index (χ1) is 8.63. The topological polar surface area (TPSA) is 38.5 Å². The Balaban J connectivity index is 1.93. The summed E-state index contributed by atoms with van der Waals surface area (Å²) in [4.78, 5) is 2.30. The van der Waals surface area contributed by atoms with Crippen LogP contribution >= 0.6 is 11.6 Å². The first-order valence-corrected chi connectivity index (χ1v) is 6.72. The number of hydrogen-bond acceptors (Lipinski definition) is 3. The smallest absolute Gasteiger partial charge is 0.0547 e. The molecule has 2 N–H and O–H groups in total. The van der Waals surface area contributed by atoms with E-state index >= 15 is 0 Å². The van der Waals surface area contributed by atoms with Crippen LogP contribution in [0, 0.1) is 5.41 Å². The normalized spacial score (nSPS) is 23.8. The average molecular weight is 269 g/mol. The number of benzene rings is 1. The van der Waals surface area contributed by atoms with Gasteiger partial charge in [-0.05, 0) is 31.2 Å². The van der Waals surface area contributed by atoms with Gasteiger partial charge in [-0.2, -0.15) is 0 Å². The van der Waals surface area contributed by atoms with E-state index in [1.54, 1.807) is 0 Å². The second-order valence-electron chi connectivity index (χ2n) is 5.31. The molecule has 1 fully saturated rings. The Morgan fingerprint density at radius 2 is 2.33 bits per heavy atom. The summed E-state index contributed by atoms with van der Waals surface area (Å²) in [6.45, 7) is 4.16. The molecule has 1 saturated heterocycles. The van der Waals surface area contributed by atoms with E-state index in [1.165, 1.54) is 5.56 Å². The van der Waals surface area contributed by atoms with Crippen molar-refractivity contribution in [2.45, 2.75) is 13.0 Å². The third-order valence-electron chi connectivity index (χ3n) is 3.56. The Kier molecular flexibility index (Phi) is 4.62. The van der Waals surface area contributed by atoms with Crippen molar-refractivity contribution in [3.8, 4) is 0 Å². The molecule has 1 aromatic carbocycles. The maximum absolute atomic E-state index is 5.99. The zero-order valence-electron chi connectivity index (χ0n) is 10.9. The van der Waals surface area contributed by atoms with Gasteiger partial charge in [0.2, 0.25) is 0 Å². The van der Waals surface area contributed by atoms with Gasteiger partial charge in [0, 0.05) is 36.7 Å². The van der Waals surface area contributed by atoms with Crippen molar-refractivity contribution in [2.24, 2.45) is 11.1 Å². The lowest BCUT2D eigenvalue weighted by atomic mass is 9.87. The number of nitrogens with two attached hydrogens (primary N) is 1. The molecule has 1 aliphatic heterocycles. The lowest BCUT2D eigenvalue weighted by Gasteiger charge is -2.31. The monoisotopic (exact) mass is 268 g/mol. The molecule has 0 saturated carbocycles. The zero-order chi connectivity index (χ0) is 13.0. The van der Waals surface area contributed by atoms with Crippen LogP contribution in [0.5, 0.6) is 0 Å². The van der Waals surface area contributed by atoms with Crippen LogP contribution in [0.2, 0.25) is 5.02 Å². The molecule has 4 heteroatoms. The Hall–Kier alpha value is -0.610. The van der Waals surface area contributed by atoms with Crippen LogP contribution in [0.1, 0.15) is 12.0 Å². The second-order valence-corrected chi connectivity index (χ2v) is 5.75. The minimum atomic E-state index is 0.132. The molecule has 1 aromatic rings. The third kappa shape index (κ3) is 3.45. The molecule has 18 heavy (non-hydrogen) atoms. The first kappa shape index (κ1) is 13.8. The van der Waals surface area contributed by atoms with E-state index in [4.69, 9.17) is 22.1 Å². The van der Waals surface area contributed by atoms with Gasteiger partial charge in [0.15, 0.2) is 0 Å². The van der Waals surface area contributed by atoms with Crippen LogP contribution in [0.15, 0.2) is 24.3 Å². The quantitative estimate of drug-likeness (QED) is 0.889. The Bertz CT molecular complexity index is 391. The highest BCUT2D eigenvalue weighted by Crippen LogP contribution is 2.28. The van der Waals surface area contributed by atoms with Crippen LogP contribution in [0.3, 0.4) is 0 Å². The van der Waals surface area contributed by atoms with Gasteiger partial charge in [-0.25, -0.2) is 0 Å². The summed E-state index contributed by atoms with van der Waals surface area (Å²) in [6, 6.07) is 8.00. The molecule has 2 rings (SSSR count). The van der Waals surface area contributed by atoms with Crippen LogP contribution in [0.25, 0.3) is 0 Å². The molecule has 3 nitrogen and oxygen atoms in total. The van der Waals surface area contributed by atoms with E-state index in [-0.39, 0.29) is 5.41 Å². The van der Waals surface area contributed by atoms with Crippen molar-refractivity contribution in [1.29, 1.82) is 0 Å². The number of hydrogen-bond donors (Lipinski definition) is 1. The molecule has 0 radical (unpaired) electrons. The molecule has 1 unspecified atom stereocenters. The van der Waals surface area contributed by atoms with Crippen molar-refractivity contribution >= 4 is 11.6 Å². The Morgan fingerprint density at radius 1 is 1.50 bits per heavy atom. The molecule has 1 aliphatic rings. The van der Waals surface area contributed by atoms with Crippen molar-refractivity contribution in [3.63, 3.8) is 0 Å². The van der Waals surface area contributed by atoms with Crippen molar-refractivity contribution in [3.05, 3.63) is 34.9 Å². The predicted molar refractivity (Wildman–Crippen MR) is 74.7 cm³/mol. The fourth-order valence-corrected chi connectivity index (χ4v) is 2.79. The zero-order valence-corrected chi connectivity index (χ0v) is 11.6. The van der Waals surface area contributed by atoms with Crippen LogP contribution in [-0.2, 0) is 11.3 Å². The minimum Gasteiger partial charge on any atom is -0.381 e. The standard InChI is InChI=1S/C14H21ClN2O/c1-17(8-12-3-2-4-13(15)7-12)10-14(9-16)5-6-18-11-14/h2-4,7H,5-6,8-11,16H2,1H3. The summed E-state index contributed by atoms with van der Waals surface area (Å²) in [5, 5.41) is 0.790. The van der Waals surface area contributed by atoms with Crippen molar-refractivity contribution in [1.82, 2.24) is 4.90 Å². The van der Waals surface area contributed by atoms with Crippen LogP contribution in [0.4, 0.5) is 0 Å². The van der Waals surface area contributed by atoms with E-state index in [9.17, 15) is 0 Å². The average Bonchev–Trinajstić information content (AvgIpc) is 2.78. The molecule has 1 heterocycles. The van der Waals surface area contributed by atoms with Gasteiger partial charge in [-0.1, -0.05) is 23.7 Å². The molecule has 0 aromatic heterocycles. The largest absolute Gasteiger partial charge is 0.381 e. The first-order valence-electron chi connectivity index (χ1n) is 6.34. The van der Waals surface area contributed by atoms with E-state index in [0.29, 0.717) is 6.54 Å². The lowest BCUT2D eigenvalue weighted by Crippen LogP contribution is -2.41. The molecular formula is C14H21ClN2O. The molecule has 0 amide bonds. The summed E-state index contributed by atoms with van der Waals surface area (Å²) in [5.41, 5.74) is 7.27. The van der Waals surface area contributed by atoms with Gasteiger partial charge in [-0.3, -0.25) is 0 Å². The second kappa shape index (κ2) is 6.02. The highest BCUT2D eigenvalue weighted by molar-refractivity contribution is 6.30. The van der Waals surface area contributed by atoms with Crippen LogP contribution in [-0.4, -0.2) is 38.3 Å². The Labute approximate surface area is 114 Å². The lowest BCUT2D eigenvalue weighted by molar-refractivity contribution is 0.123. The van der Waals surface area contributed by atoms with Crippen molar-refractivity contribution in [2.75, 3.05) is 33.4 Å². The molecule has 0 bridgehead atoms. The van der Waals surface area contributed by atoms with Crippen LogP contribution < -0.4 is 5.73 Å². The van der Waals surface area contributed by atoms with Gasteiger partial charge in [-0.15, -0.1) is 0 Å². The van der Waals surface area contributed by atoms with E-state index < -0.39 is 0 Å². The number of nitrogens with zero attached hydrogens (tertiary/aromatic N) is 1. The number of rotatable bonds is 5. The number of halogens is 1. The SMILES string of the molecule is CN(Cc1cccc(Cl)c1)CC1(CN)CCOC1. The molecule has 100 valence electrons. The molecule has 1 atom stereocenters. The van der Waals surface area contributed by atoms with E-state index in [2.05, 4.69) is 18.0 Å². The van der Waals surface area contributed by atoms with Crippen molar-refractivity contribution < 1.29 is 4.74 Å². The fraction of sp³-hybridized carbons (Fsp3) is 0.571. The summed E-state index contributed by atoms with van der Waals surface area (Å²) in [5.74, 6) is 0. The summed E-state index contributed by atoms with van der Waals surface area (Å²) in [7, 11) is 2.12. The predicted octanol–water partition coefficient (Wildman–Crippen LogP) is 2.14. The van der Waals surface area contributed by atoms with E-state index in [1.807, 2.05) is 18.2 Å². The maximum Gasteiger partial charge on any atom is 0.0547 e. The molecular weight excluding hydrogens is 248 g/mol. The van der Waals surface area contributed by atoms with Gasteiger partial charge < -0.3 is 15.4 Å². The minimum absolute atomic E-state index is 0.132. The summed E-state index contributed by atoms with van der Waals surface area (Å²) >= 11 is 5.99. The molecule has 0 spiro atoms. The van der Waals surface area contributed by atoms with Gasteiger partial charge in [0.05, 0.1) is 6.61 Å². The van der Waals surface area contributed by atoms with E-state index in [0.717, 1.165) is 37.7 Å². The summed E-state index contributed by atoms with van der Waals surface area (Å²) in [6.07, 6.45) is 1.06. The highest BCUT2D eigenvalue weighted by Gasteiger charge is 2.34. The maximum atomic E-state index is 5.99. The summed E-state index contributed by atoms with van der Waals surface area (Å²) < 4.78 is 5.49. The van der Waals surface area contributed by atoms with Gasteiger partial charge >= 0.3 is 0 Å². The number of ether oxygens (including phenoxy) is 1. The Morgan fingerprint density at radius 3 is 2.94 bits per heavy atom. The highest BCUT2D eigenvalue weighted by atomic mass is 35.5. The third-order valence-corrected chi connectivity index (χ3v) is 3.80. The van der Waals surface area contributed by atoms with Gasteiger partial charge in [0.25, 0.3) is 0 Å². The van der Waals surface area contributed by atoms with Gasteiger partial charge in [0.1, 0.15) is 0 Å².